The number of Topliss-reactive ketones (excluding diaryl/α,β-unsaturated/α-hetero) is 1. The predicted octanol–water partition coefficient (Wildman–Crippen LogP) is 2.29. The van der Waals surface area contributed by atoms with E-state index in [1.807, 2.05) is 0 Å². The molecule has 0 spiro atoms. The van der Waals surface area contributed by atoms with Crippen LogP contribution in [0.15, 0.2) is 11.1 Å². The van der Waals surface area contributed by atoms with Crippen LogP contribution in [-0.2, 0) is 4.79 Å². The Balaban J connectivity index is 2.82. The van der Waals surface area contributed by atoms with E-state index in [0.717, 1.165) is 19.4 Å². The Morgan fingerprint density at radius 2 is 2.07 bits per heavy atom. The van der Waals surface area contributed by atoms with Gasteiger partial charge in [0.25, 0.3) is 0 Å². The molecule has 2 unspecified atom stereocenters. The molecule has 2 atom stereocenters. The fraction of sp³-hybridized carbons (Fsp3) is 0.750. The summed E-state index contributed by atoms with van der Waals surface area (Å²) in [5.74, 6) is 0.728. The molecular weight excluding hydrogens is 174 g/mol. The molecule has 2 heteroatoms. The lowest BCUT2D eigenvalue weighted by Gasteiger charge is -2.48. The van der Waals surface area contributed by atoms with Crippen LogP contribution in [0.3, 0.4) is 0 Å². The van der Waals surface area contributed by atoms with Gasteiger partial charge in [0.05, 0.1) is 5.41 Å². The molecule has 0 bridgehead atoms. The van der Waals surface area contributed by atoms with Crippen LogP contribution < -0.4 is 5.73 Å². The summed E-state index contributed by atoms with van der Waals surface area (Å²) in [5, 5.41) is 0. The maximum Gasteiger partial charge on any atom is 0.140 e. The lowest BCUT2D eigenvalue weighted by atomic mass is 9.55. The molecule has 0 aromatic heterocycles. The number of allylic oxidation sites excluding steroid dienone is 2. The van der Waals surface area contributed by atoms with Crippen molar-refractivity contribution in [1.29, 1.82) is 0 Å². The zero-order valence-corrected chi connectivity index (χ0v) is 9.68. The standard InChI is InChI=1S/C12H21NO/c1-8-9(2)12(4,10(3)14)11(8)6-5-7-13/h11H,5-7,13H2,1-4H3. The van der Waals surface area contributed by atoms with Gasteiger partial charge in [-0.3, -0.25) is 4.79 Å². The van der Waals surface area contributed by atoms with Gasteiger partial charge in [-0.15, -0.1) is 0 Å². The van der Waals surface area contributed by atoms with E-state index in [0.29, 0.717) is 11.7 Å². The maximum atomic E-state index is 11.6. The Morgan fingerprint density at radius 1 is 1.50 bits per heavy atom. The number of ketones is 1. The molecule has 0 radical (unpaired) electrons. The number of carbonyl (C=O) groups excluding carboxylic acids is 1. The minimum atomic E-state index is -0.195. The smallest absolute Gasteiger partial charge is 0.140 e. The summed E-state index contributed by atoms with van der Waals surface area (Å²) in [4.78, 5) is 11.6. The molecule has 1 rings (SSSR count). The third-order valence-corrected chi connectivity index (χ3v) is 4.02. The molecule has 0 saturated heterocycles. The molecule has 2 N–H and O–H groups in total. The van der Waals surface area contributed by atoms with Gasteiger partial charge < -0.3 is 5.73 Å². The first-order valence-corrected chi connectivity index (χ1v) is 5.35. The van der Waals surface area contributed by atoms with Crippen LogP contribution in [0.4, 0.5) is 0 Å². The average Bonchev–Trinajstić information content (AvgIpc) is 2.16. The van der Waals surface area contributed by atoms with E-state index >= 15 is 0 Å². The van der Waals surface area contributed by atoms with Crippen LogP contribution in [0.5, 0.6) is 0 Å². The molecule has 0 aliphatic heterocycles. The number of hydrogen-bond donors (Lipinski definition) is 1. The van der Waals surface area contributed by atoms with E-state index < -0.39 is 0 Å². The molecule has 0 heterocycles. The zero-order chi connectivity index (χ0) is 10.9. The number of rotatable bonds is 4. The fourth-order valence-electron chi connectivity index (χ4n) is 2.62. The van der Waals surface area contributed by atoms with Crippen LogP contribution in [0.25, 0.3) is 0 Å². The van der Waals surface area contributed by atoms with Crippen LogP contribution in [0.2, 0.25) is 0 Å². The Hall–Kier alpha value is -0.630. The summed E-state index contributed by atoms with van der Waals surface area (Å²) in [6, 6.07) is 0. The summed E-state index contributed by atoms with van der Waals surface area (Å²) < 4.78 is 0. The monoisotopic (exact) mass is 195 g/mol. The van der Waals surface area contributed by atoms with Gasteiger partial charge >= 0.3 is 0 Å². The first-order valence-electron chi connectivity index (χ1n) is 5.35. The topological polar surface area (TPSA) is 43.1 Å². The van der Waals surface area contributed by atoms with Gasteiger partial charge in [-0.25, -0.2) is 0 Å². The highest BCUT2D eigenvalue weighted by atomic mass is 16.1. The fourth-order valence-corrected chi connectivity index (χ4v) is 2.62. The van der Waals surface area contributed by atoms with Crippen LogP contribution in [0.1, 0.15) is 40.5 Å². The van der Waals surface area contributed by atoms with Crippen LogP contribution >= 0.6 is 0 Å². The van der Waals surface area contributed by atoms with Crippen molar-refractivity contribution in [2.45, 2.75) is 40.5 Å². The van der Waals surface area contributed by atoms with Crippen LogP contribution in [0, 0.1) is 11.3 Å². The molecule has 1 aliphatic carbocycles. The molecule has 0 fully saturated rings. The molecule has 80 valence electrons. The second-order valence-electron chi connectivity index (χ2n) is 4.55. The van der Waals surface area contributed by atoms with Gasteiger partial charge in [0.15, 0.2) is 0 Å². The Kier molecular flexibility index (Phi) is 3.15. The van der Waals surface area contributed by atoms with Crippen molar-refractivity contribution in [1.82, 2.24) is 0 Å². The van der Waals surface area contributed by atoms with Crippen molar-refractivity contribution >= 4 is 5.78 Å². The molecule has 0 aromatic carbocycles. The first-order chi connectivity index (χ1) is 6.46. The van der Waals surface area contributed by atoms with Gasteiger partial charge in [0, 0.05) is 0 Å². The highest BCUT2D eigenvalue weighted by molar-refractivity contribution is 5.88. The van der Waals surface area contributed by atoms with Crippen molar-refractivity contribution < 1.29 is 4.79 Å². The van der Waals surface area contributed by atoms with E-state index in [9.17, 15) is 4.79 Å². The average molecular weight is 195 g/mol. The summed E-state index contributed by atoms with van der Waals surface area (Å²) >= 11 is 0. The van der Waals surface area contributed by atoms with Crippen molar-refractivity contribution in [2.24, 2.45) is 17.1 Å². The lowest BCUT2D eigenvalue weighted by Crippen LogP contribution is -2.45. The van der Waals surface area contributed by atoms with E-state index in [2.05, 4.69) is 20.8 Å². The molecule has 14 heavy (non-hydrogen) atoms. The normalized spacial score (nSPS) is 31.6. The van der Waals surface area contributed by atoms with Crippen molar-refractivity contribution in [2.75, 3.05) is 6.54 Å². The van der Waals surface area contributed by atoms with Gasteiger partial charge in [0.2, 0.25) is 0 Å². The summed E-state index contributed by atoms with van der Waals surface area (Å²) in [7, 11) is 0. The number of carbonyl (C=O) groups is 1. The Labute approximate surface area is 86.6 Å². The SMILES string of the molecule is CC(=O)C1(C)C(C)=C(C)C1CCCN. The summed E-state index contributed by atoms with van der Waals surface area (Å²) in [6.07, 6.45) is 2.06. The van der Waals surface area contributed by atoms with Gasteiger partial charge in [-0.2, -0.15) is 0 Å². The Morgan fingerprint density at radius 3 is 2.50 bits per heavy atom. The number of hydrogen-bond acceptors (Lipinski definition) is 2. The largest absolute Gasteiger partial charge is 0.330 e. The zero-order valence-electron chi connectivity index (χ0n) is 9.68. The molecule has 0 amide bonds. The van der Waals surface area contributed by atoms with Crippen molar-refractivity contribution in [3.8, 4) is 0 Å². The van der Waals surface area contributed by atoms with E-state index in [4.69, 9.17) is 5.73 Å². The second kappa shape index (κ2) is 3.85. The molecular formula is C12H21NO. The summed E-state index contributed by atoms with van der Waals surface area (Å²) in [5.41, 5.74) is 7.97. The highest BCUT2D eigenvalue weighted by Gasteiger charge is 2.48. The second-order valence-corrected chi connectivity index (χ2v) is 4.55. The van der Waals surface area contributed by atoms with Crippen molar-refractivity contribution in [3.05, 3.63) is 11.1 Å². The Bertz CT molecular complexity index is 280. The first kappa shape index (κ1) is 11.4. The van der Waals surface area contributed by atoms with Gasteiger partial charge in [-0.05, 0) is 53.0 Å². The molecule has 0 saturated carbocycles. The maximum absolute atomic E-state index is 11.6. The highest BCUT2D eigenvalue weighted by Crippen LogP contribution is 2.53. The third-order valence-electron chi connectivity index (χ3n) is 4.02. The minimum Gasteiger partial charge on any atom is -0.330 e. The molecule has 0 aromatic rings. The minimum absolute atomic E-state index is 0.195. The van der Waals surface area contributed by atoms with Gasteiger partial charge in [-0.1, -0.05) is 11.1 Å². The van der Waals surface area contributed by atoms with Crippen molar-refractivity contribution in [3.63, 3.8) is 0 Å². The summed E-state index contributed by atoms with van der Waals surface area (Å²) in [6.45, 7) is 8.71. The van der Waals surface area contributed by atoms with E-state index in [1.165, 1.54) is 11.1 Å². The molecule has 1 aliphatic rings. The number of nitrogens with two attached hydrogens (primary N) is 1. The predicted molar refractivity (Wildman–Crippen MR) is 58.9 cm³/mol. The quantitative estimate of drug-likeness (QED) is 0.699. The van der Waals surface area contributed by atoms with E-state index in [1.54, 1.807) is 6.92 Å². The van der Waals surface area contributed by atoms with E-state index in [-0.39, 0.29) is 5.41 Å². The van der Waals surface area contributed by atoms with Gasteiger partial charge in [0.1, 0.15) is 5.78 Å². The third kappa shape index (κ3) is 1.42. The van der Waals surface area contributed by atoms with Crippen LogP contribution in [-0.4, -0.2) is 12.3 Å². The lowest BCUT2D eigenvalue weighted by molar-refractivity contribution is -0.127. The molecule has 2 nitrogen and oxygen atoms in total.